The Kier molecular flexibility index (Phi) is 10.3. The molecule has 0 aromatic heterocycles. The van der Waals surface area contributed by atoms with Gasteiger partial charge in [-0.3, -0.25) is 14.4 Å². The van der Waals surface area contributed by atoms with Crippen LogP contribution in [0.25, 0.3) is 0 Å². The second-order valence-electron chi connectivity index (χ2n) is 13.9. The monoisotopic (exact) mass is 634 g/mol. The van der Waals surface area contributed by atoms with Crippen molar-refractivity contribution in [2.75, 3.05) is 44.7 Å². The SMILES string of the molecule is C=C/C=C\C1=C(N)CC(=O)N1C1CCN(C(=O)CC2SC(c3ccccc3N3CC[C@H](NC)C3)N(CCC(C)(C)C)C2=O)CC1. The molecule has 0 radical (unpaired) electrons. The van der Waals surface area contributed by atoms with E-state index < -0.39 is 5.25 Å². The Balaban J connectivity index is 1.27. The first kappa shape index (κ1) is 33.1. The Hall–Kier alpha value is -3.24. The predicted octanol–water partition coefficient (Wildman–Crippen LogP) is 4.39. The van der Waals surface area contributed by atoms with Gasteiger partial charge in [-0.15, -0.1) is 11.8 Å². The zero-order valence-corrected chi connectivity index (χ0v) is 28.2. The van der Waals surface area contributed by atoms with Crippen LogP contribution in [0.4, 0.5) is 5.69 Å². The number of hydrogen-bond acceptors (Lipinski definition) is 7. The summed E-state index contributed by atoms with van der Waals surface area (Å²) in [5, 5.41) is 2.86. The molecule has 5 rings (SSSR count). The number of likely N-dealkylation sites (N-methyl/N-ethyl adjacent to an activating group) is 1. The zero-order valence-electron chi connectivity index (χ0n) is 27.3. The van der Waals surface area contributed by atoms with Gasteiger partial charge >= 0.3 is 0 Å². The smallest absolute Gasteiger partial charge is 0.237 e. The Morgan fingerprint density at radius 2 is 1.87 bits per heavy atom. The lowest BCUT2D eigenvalue weighted by atomic mass is 9.92. The van der Waals surface area contributed by atoms with Crippen LogP contribution in [-0.2, 0) is 14.4 Å². The number of nitrogens with two attached hydrogens (primary N) is 1. The third kappa shape index (κ3) is 7.43. The molecule has 1 aromatic carbocycles. The quantitative estimate of drug-likeness (QED) is 0.368. The largest absolute Gasteiger partial charge is 0.400 e. The Morgan fingerprint density at radius 3 is 2.53 bits per heavy atom. The van der Waals surface area contributed by atoms with Gasteiger partial charge in [0.15, 0.2) is 0 Å². The average molecular weight is 635 g/mol. The summed E-state index contributed by atoms with van der Waals surface area (Å²) in [7, 11) is 2.02. The molecular formula is C35H50N6O3S. The number of carbonyl (C=O) groups excluding carboxylic acids is 3. The maximum absolute atomic E-state index is 14.0. The lowest BCUT2D eigenvalue weighted by molar-refractivity contribution is -0.137. The number of rotatable bonds is 10. The molecule has 1 aromatic rings. The van der Waals surface area contributed by atoms with Gasteiger partial charge in [-0.1, -0.05) is 57.7 Å². The van der Waals surface area contributed by atoms with Crippen LogP contribution in [0.15, 0.2) is 60.5 Å². The molecule has 4 aliphatic rings. The molecule has 3 atom stereocenters. The maximum Gasteiger partial charge on any atom is 0.237 e. The summed E-state index contributed by atoms with van der Waals surface area (Å²) in [5.74, 6) is 0.0738. The lowest BCUT2D eigenvalue weighted by Crippen LogP contribution is -2.47. The van der Waals surface area contributed by atoms with Gasteiger partial charge in [-0.25, -0.2) is 0 Å². The third-order valence-electron chi connectivity index (χ3n) is 9.51. The molecule has 3 amide bonds. The predicted molar refractivity (Wildman–Crippen MR) is 182 cm³/mol. The summed E-state index contributed by atoms with van der Waals surface area (Å²) in [5.41, 5.74) is 9.92. The summed E-state index contributed by atoms with van der Waals surface area (Å²) in [6.45, 7) is 14.0. The minimum atomic E-state index is -0.421. The normalized spacial score (nSPS) is 25.0. The van der Waals surface area contributed by atoms with E-state index in [1.165, 1.54) is 5.69 Å². The number of nitrogens with zero attached hydrogens (tertiary/aromatic N) is 4. The number of nitrogens with one attached hydrogen (secondary N) is 1. The molecule has 0 bridgehead atoms. The van der Waals surface area contributed by atoms with Crippen LogP contribution in [0, 0.1) is 5.41 Å². The van der Waals surface area contributed by atoms with E-state index in [1.807, 2.05) is 27.8 Å². The number of hydrogen-bond donors (Lipinski definition) is 2. The minimum absolute atomic E-state index is 0.00332. The highest BCUT2D eigenvalue weighted by Crippen LogP contribution is 2.48. The summed E-state index contributed by atoms with van der Waals surface area (Å²) in [6.07, 6.45) is 9.05. The van der Waals surface area contributed by atoms with Crippen molar-refractivity contribution in [3.05, 3.63) is 66.0 Å². The first-order valence-corrected chi connectivity index (χ1v) is 17.3. The van der Waals surface area contributed by atoms with E-state index in [9.17, 15) is 14.4 Å². The van der Waals surface area contributed by atoms with Gasteiger partial charge < -0.3 is 30.7 Å². The van der Waals surface area contributed by atoms with Gasteiger partial charge in [-0.05, 0) is 50.3 Å². The molecule has 10 heteroatoms. The van der Waals surface area contributed by atoms with Crippen molar-refractivity contribution < 1.29 is 14.4 Å². The number of amides is 3. The Bertz CT molecular complexity index is 1340. The Labute approximate surface area is 272 Å². The van der Waals surface area contributed by atoms with E-state index in [-0.39, 0.29) is 47.4 Å². The maximum atomic E-state index is 14.0. The Morgan fingerprint density at radius 1 is 1.13 bits per heavy atom. The molecule has 244 valence electrons. The van der Waals surface area contributed by atoms with E-state index in [0.29, 0.717) is 44.2 Å². The van der Waals surface area contributed by atoms with E-state index in [1.54, 1.807) is 23.9 Å². The van der Waals surface area contributed by atoms with Crippen molar-refractivity contribution in [1.82, 2.24) is 20.0 Å². The average Bonchev–Trinajstić information content (AvgIpc) is 3.70. The summed E-state index contributed by atoms with van der Waals surface area (Å²) >= 11 is 1.63. The lowest BCUT2D eigenvalue weighted by Gasteiger charge is -2.37. The molecule has 3 saturated heterocycles. The van der Waals surface area contributed by atoms with Gasteiger partial charge in [0.25, 0.3) is 0 Å². The van der Waals surface area contributed by atoms with E-state index in [2.05, 4.69) is 61.8 Å². The third-order valence-corrected chi connectivity index (χ3v) is 11.0. The van der Waals surface area contributed by atoms with E-state index >= 15 is 0 Å². The van der Waals surface area contributed by atoms with Crippen LogP contribution in [-0.4, -0.2) is 89.5 Å². The van der Waals surface area contributed by atoms with E-state index in [0.717, 1.165) is 37.2 Å². The number of carbonyl (C=O) groups is 3. The number of piperidine rings is 1. The molecule has 45 heavy (non-hydrogen) atoms. The highest BCUT2D eigenvalue weighted by atomic mass is 32.2. The first-order chi connectivity index (χ1) is 21.5. The number of anilines is 1. The number of likely N-dealkylation sites (tertiary alicyclic amines) is 1. The molecular weight excluding hydrogens is 584 g/mol. The van der Waals surface area contributed by atoms with Gasteiger partial charge in [-0.2, -0.15) is 0 Å². The fourth-order valence-corrected chi connectivity index (χ4v) is 8.39. The zero-order chi connectivity index (χ0) is 32.3. The van der Waals surface area contributed by atoms with Gasteiger partial charge in [0.1, 0.15) is 5.37 Å². The first-order valence-electron chi connectivity index (χ1n) is 16.4. The molecule has 0 saturated carbocycles. The number of thioether (sulfide) groups is 1. The van der Waals surface area contributed by atoms with Crippen molar-refractivity contribution in [1.29, 1.82) is 0 Å². The van der Waals surface area contributed by atoms with Crippen LogP contribution in [0.2, 0.25) is 0 Å². The minimum Gasteiger partial charge on any atom is -0.400 e. The molecule has 9 nitrogen and oxygen atoms in total. The summed E-state index contributed by atoms with van der Waals surface area (Å²) in [4.78, 5) is 48.6. The second-order valence-corrected chi connectivity index (χ2v) is 15.1. The molecule has 4 heterocycles. The van der Waals surface area contributed by atoms with Crippen LogP contribution in [0.5, 0.6) is 0 Å². The molecule has 3 fully saturated rings. The second kappa shape index (κ2) is 14.0. The summed E-state index contributed by atoms with van der Waals surface area (Å²) < 4.78 is 0. The highest BCUT2D eigenvalue weighted by Gasteiger charge is 2.44. The van der Waals surface area contributed by atoms with Gasteiger partial charge in [0.2, 0.25) is 17.7 Å². The van der Waals surface area contributed by atoms with Crippen LogP contribution >= 0.6 is 11.8 Å². The number of benzene rings is 1. The summed E-state index contributed by atoms with van der Waals surface area (Å²) in [6, 6.07) is 8.93. The molecule has 0 aliphatic carbocycles. The van der Waals surface area contributed by atoms with Crippen LogP contribution in [0.3, 0.4) is 0 Å². The van der Waals surface area contributed by atoms with Crippen molar-refractivity contribution in [2.45, 2.75) is 82.0 Å². The van der Waals surface area contributed by atoms with Crippen LogP contribution in [0.1, 0.15) is 70.2 Å². The standard InChI is InChI=1S/C35H50N6O3S/c1-6-7-11-29-27(36)21-32(43)41(29)25-14-18-38(19-15-25)31(42)22-30-33(44)40(20-16-35(2,3)4)34(45-30)26-10-8-9-12-28(26)39-17-13-24(23-39)37-5/h6-12,24-25,30,34,37H,1,13-23,36H2,2-5H3/b11-7-/t24-,30?,34?/m0/s1. The van der Waals surface area contributed by atoms with Crippen molar-refractivity contribution >= 4 is 35.2 Å². The highest BCUT2D eigenvalue weighted by molar-refractivity contribution is 8.01. The fourth-order valence-electron chi connectivity index (χ4n) is 6.88. The molecule has 0 spiro atoms. The molecule has 2 unspecified atom stereocenters. The molecule has 4 aliphatic heterocycles. The van der Waals surface area contributed by atoms with E-state index in [4.69, 9.17) is 5.73 Å². The number of allylic oxidation sites excluding steroid dienone is 3. The number of para-hydroxylation sites is 1. The van der Waals surface area contributed by atoms with Crippen molar-refractivity contribution in [2.24, 2.45) is 11.1 Å². The molecule has 3 N–H and O–H groups in total. The van der Waals surface area contributed by atoms with Crippen molar-refractivity contribution in [3.63, 3.8) is 0 Å². The van der Waals surface area contributed by atoms with Crippen molar-refractivity contribution in [3.8, 4) is 0 Å². The van der Waals surface area contributed by atoms with Gasteiger partial charge in [0.05, 0.1) is 17.4 Å². The topological polar surface area (TPSA) is 102 Å². The van der Waals surface area contributed by atoms with Gasteiger partial charge in [0, 0.05) is 68.2 Å². The van der Waals surface area contributed by atoms with Crippen LogP contribution < -0.4 is 16.0 Å². The fraction of sp³-hybridized carbons (Fsp3) is 0.571.